The molecule has 0 bridgehead atoms. The number of methoxy groups -OCH3 is 1. The number of ether oxygens (including phenoxy) is 2. The highest BCUT2D eigenvalue weighted by molar-refractivity contribution is 7.17. The van der Waals surface area contributed by atoms with E-state index in [2.05, 4.69) is 4.74 Å². The molecule has 0 aliphatic rings. The molecular formula is C14H15NO5S. The fourth-order valence-corrected chi connectivity index (χ4v) is 2.67. The lowest BCUT2D eigenvalue weighted by Gasteiger charge is -2.19. The van der Waals surface area contributed by atoms with E-state index in [4.69, 9.17) is 4.74 Å². The summed E-state index contributed by atoms with van der Waals surface area (Å²) in [4.78, 5) is 35.5. The fraction of sp³-hybridized carbons (Fsp3) is 0.357. The molecule has 6 nitrogen and oxygen atoms in total. The molecular weight excluding hydrogens is 294 g/mol. The Balaban J connectivity index is 2.48. The van der Waals surface area contributed by atoms with Crippen LogP contribution in [0.4, 0.5) is 4.79 Å². The number of aromatic nitrogens is 1. The van der Waals surface area contributed by atoms with Crippen LogP contribution in [0.3, 0.4) is 0 Å². The summed E-state index contributed by atoms with van der Waals surface area (Å²) in [6.45, 7) is 5.25. The number of Topliss-reactive ketones (excluding diaryl/α,β-unsaturated/α-hetero) is 1. The van der Waals surface area contributed by atoms with Gasteiger partial charge in [0.1, 0.15) is 5.60 Å². The molecule has 21 heavy (non-hydrogen) atoms. The van der Waals surface area contributed by atoms with Crippen molar-refractivity contribution in [2.75, 3.05) is 7.11 Å². The number of nitrogens with zero attached hydrogens (tertiary/aromatic N) is 1. The summed E-state index contributed by atoms with van der Waals surface area (Å²) in [6.07, 6.45) is 0.712. The van der Waals surface area contributed by atoms with Gasteiger partial charge in [-0.05, 0) is 32.2 Å². The summed E-state index contributed by atoms with van der Waals surface area (Å²) >= 11 is 1.27. The van der Waals surface area contributed by atoms with Crippen LogP contribution in [0.15, 0.2) is 17.6 Å². The third kappa shape index (κ3) is 2.97. The number of carbonyl (C=O) groups excluding carboxylic acids is 3. The summed E-state index contributed by atoms with van der Waals surface area (Å²) in [5, 5.41) is 1.74. The number of carbonyl (C=O) groups is 3. The molecule has 0 amide bonds. The molecule has 0 saturated heterocycles. The number of rotatable bonds is 2. The monoisotopic (exact) mass is 309 g/mol. The summed E-state index contributed by atoms with van der Waals surface area (Å²) in [6, 6.07) is 1.69. The van der Waals surface area contributed by atoms with Crippen molar-refractivity contribution >= 4 is 39.4 Å². The van der Waals surface area contributed by atoms with Crippen molar-refractivity contribution in [2.24, 2.45) is 0 Å². The third-order valence-corrected chi connectivity index (χ3v) is 3.55. The van der Waals surface area contributed by atoms with Crippen molar-refractivity contribution in [3.8, 4) is 0 Å². The fourth-order valence-electron chi connectivity index (χ4n) is 1.78. The molecule has 0 aromatic carbocycles. The van der Waals surface area contributed by atoms with E-state index >= 15 is 0 Å². The van der Waals surface area contributed by atoms with Crippen molar-refractivity contribution < 1.29 is 23.9 Å². The van der Waals surface area contributed by atoms with Gasteiger partial charge in [-0.2, -0.15) is 0 Å². The molecule has 2 aromatic rings. The van der Waals surface area contributed by atoms with Gasteiger partial charge in [-0.3, -0.25) is 9.36 Å². The molecule has 0 fully saturated rings. The van der Waals surface area contributed by atoms with E-state index in [1.54, 1.807) is 32.2 Å². The van der Waals surface area contributed by atoms with Crippen LogP contribution < -0.4 is 0 Å². The molecule has 0 N–H and O–H groups in total. The molecule has 2 heterocycles. The Labute approximate surface area is 125 Å². The minimum Gasteiger partial charge on any atom is -0.463 e. The Bertz CT molecular complexity index is 719. The zero-order valence-electron chi connectivity index (χ0n) is 12.1. The minimum absolute atomic E-state index is 0.137. The van der Waals surface area contributed by atoms with Crippen LogP contribution in [-0.2, 0) is 14.3 Å². The maximum atomic E-state index is 12.2. The van der Waals surface area contributed by atoms with Crippen LogP contribution in [0.5, 0.6) is 0 Å². The van der Waals surface area contributed by atoms with Crippen molar-refractivity contribution in [1.82, 2.24) is 4.57 Å². The van der Waals surface area contributed by atoms with Gasteiger partial charge in [-0.25, -0.2) is 9.59 Å². The maximum absolute atomic E-state index is 12.2. The van der Waals surface area contributed by atoms with Crippen LogP contribution in [0.2, 0.25) is 0 Å². The summed E-state index contributed by atoms with van der Waals surface area (Å²) < 4.78 is 11.5. The van der Waals surface area contributed by atoms with Crippen LogP contribution in [0.1, 0.15) is 31.1 Å². The van der Waals surface area contributed by atoms with Gasteiger partial charge in [0.25, 0.3) is 5.78 Å². The van der Waals surface area contributed by atoms with Crippen LogP contribution in [0.25, 0.3) is 10.2 Å². The molecule has 2 aromatic heterocycles. The number of hydrogen-bond acceptors (Lipinski definition) is 6. The normalized spacial score (nSPS) is 11.4. The first kappa shape index (κ1) is 15.2. The van der Waals surface area contributed by atoms with Gasteiger partial charge in [0.05, 0.1) is 22.9 Å². The summed E-state index contributed by atoms with van der Waals surface area (Å²) in [5.74, 6) is -1.75. The standard InChI is InChI=1S/C14H15NO5S/c1-14(2,3)20-13(18)15-7-8(10(16)12(17)19-4)11-9(15)5-6-21-11/h5-7H,1-4H3. The molecule has 7 heteroatoms. The Morgan fingerprint density at radius 2 is 1.90 bits per heavy atom. The van der Waals surface area contributed by atoms with E-state index in [1.165, 1.54) is 22.1 Å². The highest BCUT2D eigenvalue weighted by Gasteiger charge is 2.26. The molecule has 0 aliphatic carbocycles. The first-order valence-electron chi connectivity index (χ1n) is 6.19. The Morgan fingerprint density at radius 3 is 2.48 bits per heavy atom. The van der Waals surface area contributed by atoms with E-state index in [0.29, 0.717) is 10.2 Å². The first-order valence-corrected chi connectivity index (χ1v) is 7.07. The molecule has 0 spiro atoms. The number of ketones is 1. The predicted octanol–water partition coefficient (Wildman–Crippen LogP) is 2.84. The number of esters is 1. The maximum Gasteiger partial charge on any atom is 0.419 e. The second-order valence-corrected chi connectivity index (χ2v) is 6.26. The van der Waals surface area contributed by atoms with Crippen molar-refractivity contribution in [3.63, 3.8) is 0 Å². The Hall–Kier alpha value is -2.15. The second kappa shape index (κ2) is 5.33. The van der Waals surface area contributed by atoms with E-state index < -0.39 is 23.4 Å². The van der Waals surface area contributed by atoms with E-state index in [1.807, 2.05) is 0 Å². The average molecular weight is 309 g/mol. The lowest BCUT2D eigenvalue weighted by atomic mass is 10.2. The van der Waals surface area contributed by atoms with Gasteiger partial charge in [0.15, 0.2) is 0 Å². The molecule has 0 radical (unpaired) electrons. The molecule has 0 saturated carbocycles. The Morgan fingerprint density at radius 1 is 1.24 bits per heavy atom. The third-order valence-electron chi connectivity index (χ3n) is 2.61. The SMILES string of the molecule is COC(=O)C(=O)c1cn(C(=O)OC(C)(C)C)c2ccsc12. The highest BCUT2D eigenvalue weighted by atomic mass is 32.1. The van der Waals surface area contributed by atoms with Crippen molar-refractivity contribution in [3.05, 3.63) is 23.2 Å². The summed E-state index contributed by atoms with van der Waals surface area (Å²) in [5.41, 5.74) is 0.00941. The largest absolute Gasteiger partial charge is 0.463 e. The van der Waals surface area contributed by atoms with Gasteiger partial charge in [-0.15, -0.1) is 11.3 Å². The molecule has 0 atom stereocenters. The first-order chi connectivity index (χ1) is 9.74. The smallest absolute Gasteiger partial charge is 0.419 e. The lowest BCUT2D eigenvalue weighted by Crippen LogP contribution is -2.26. The van der Waals surface area contributed by atoms with Gasteiger partial charge < -0.3 is 9.47 Å². The topological polar surface area (TPSA) is 74.6 Å². The van der Waals surface area contributed by atoms with Gasteiger partial charge in [-0.1, -0.05) is 0 Å². The average Bonchev–Trinajstić information content (AvgIpc) is 2.95. The quantitative estimate of drug-likeness (QED) is 0.484. The van der Waals surface area contributed by atoms with Crippen molar-refractivity contribution in [2.45, 2.75) is 26.4 Å². The van der Waals surface area contributed by atoms with E-state index in [9.17, 15) is 14.4 Å². The zero-order chi connectivity index (χ0) is 15.8. The van der Waals surface area contributed by atoms with Crippen LogP contribution >= 0.6 is 11.3 Å². The van der Waals surface area contributed by atoms with Gasteiger partial charge >= 0.3 is 12.1 Å². The number of fused-ring (bicyclic) bond motifs is 1. The second-order valence-electron chi connectivity index (χ2n) is 5.35. The minimum atomic E-state index is -0.966. The van der Waals surface area contributed by atoms with Crippen LogP contribution in [-0.4, -0.2) is 35.1 Å². The molecule has 2 rings (SSSR count). The number of hydrogen-bond donors (Lipinski definition) is 0. The summed E-state index contributed by atoms with van der Waals surface area (Å²) in [7, 11) is 1.14. The predicted molar refractivity (Wildman–Crippen MR) is 77.8 cm³/mol. The van der Waals surface area contributed by atoms with Crippen LogP contribution in [0, 0.1) is 0 Å². The van der Waals surface area contributed by atoms with E-state index in [0.717, 1.165) is 7.11 Å². The molecule has 112 valence electrons. The highest BCUT2D eigenvalue weighted by Crippen LogP contribution is 2.28. The zero-order valence-corrected chi connectivity index (χ0v) is 12.9. The van der Waals surface area contributed by atoms with Crippen molar-refractivity contribution in [1.29, 1.82) is 0 Å². The lowest BCUT2D eigenvalue weighted by molar-refractivity contribution is -0.135. The van der Waals surface area contributed by atoms with E-state index in [-0.39, 0.29) is 5.56 Å². The van der Waals surface area contributed by atoms with Gasteiger partial charge in [0, 0.05) is 6.20 Å². The molecule has 0 unspecified atom stereocenters. The molecule has 0 aliphatic heterocycles. The number of thiophene rings is 1. The van der Waals surface area contributed by atoms with Gasteiger partial charge in [0.2, 0.25) is 0 Å². The Kier molecular flexibility index (Phi) is 3.87.